The SMILES string of the molecule is C=C/C=C(/C1CC(C)(C)CCC1Cc1ccc(-c2ccncn2)cc1F)N(C)C. The van der Waals surface area contributed by atoms with Crippen LogP contribution in [0.25, 0.3) is 11.3 Å². The maximum atomic E-state index is 15.0. The molecule has 1 aliphatic rings. The highest BCUT2D eigenvalue weighted by atomic mass is 19.1. The molecule has 1 aromatic carbocycles. The number of allylic oxidation sites excluding steroid dienone is 3. The second kappa shape index (κ2) is 8.89. The van der Waals surface area contributed by atoms with Gasteiger partial charge in [-0.25, -0.2) is 14.4 Å². The van der Waals surface area contributed by atoms with E-state index in [1.54, 1.807) is 18.3 Å². The fraction of sp³-hybridized carbons (Fsp3) is 0.440. The highest BCUT2D eigenvalue weighted by Gasteiger charge is 2.37. The van der Waals surface area contributed by atoms with Crippen molar-refractivity contribution in [1.82, 2.24) is 14.9 Å². The van der Waals surface area contributed by atoms with Gasteiger partial charge in [-0.15, -0.1) is 0 Å². The average Bonchev–Trinajstić information content (AvgIpc) is 2.69. The molecular weight excluding hydrogens is 361 g/mol. The first-order chi connectivity index (χ1) is 13.8. The van der Waals surface area contributed by atoms with Crippen molar-refractivity contribution in [3.05, 3.63) is 72.6 Å². The molecule has 0 aliphatic heterocycles. The number of aromatic nitrogens is 2. The summed E-state index contributed by atoms with van der Waals surface area (Å²) >= 11 is 0. The van der Waals surface area contributed by atoms with Crippen molar-refractivity contribution in [3.8, 4) is 11.3 Å². The van der Waals surface area contributed by atoms with Crippen molar-refractivity contribution in [2.45, 2.75) is 39.5 Å². The van der Waals surface area contributed by atoms with E-state index in [1.165, 1.54) is 18.4 Å². The second-order valence-electron chi connectivity index (χ2n) is 9.10. The molecule has 2 atom stereocenters. The molecule has 0 amide bonds. The van der Waals surface area contributed by atoms with Crippen LogP contribution in [-0.2, 0) is 6.42 Å². The van der Waals surface area contributed by atoms with Gasteiger partial charge in [0.15, 0.2) is 0 Å². The van der Waals surface area contributed by atoms with E-state index in [1.807, 2.05) is 18.2 Å². The molecule has 1 heterocycles. The Morgan fingerprint density at radius 2 is 2.10 bits per heavy atom. The van der Waals surface area contributed by atoms with Crippen LogP contribution in [0.15, 0.2) is 61.2 Å². The summed E-state index contributed by atoms with van der Waals surface area (Å²) in [4.78, 5) is 10.3. The normalized spacial score (nSPS) is 21.6. The van der Waals surface area contributed by atoms with Crippen LogP contribution in [0.5, 0.6) is 0 Å². The van der Waals surface area contributed by atoms with E-state index in [9.17, 15) is 4.39 Å². The lowest BCUT2D eigenvalue weighted by Gasteiger charge is -2.43. The van der Waals surface area contributed by atoms with Gasteiger partial charge in [0, 0.05) is 37.5 Å². The van der Waals surface area contributed by atoms with Gasteiger partial charge >= 0.3 is 0 Å². The zero-order chi connectivity index (χ0) is 21.0. The van der Waals surface area contributed by atoms with E-state index >= 15 is 0 Å². The summed E-state index contributed by atoms with van der Waals surface area (Å²) in [6.07, 6.45) is 11.3. The third-order valence-corrected chi connectivity index (χ3v) is 6.13. The Balaban J connectivity index is 1.86. The van der Waals surface area contributed by atoms with E-state index < -0.39 is 0 Å². The molecular formula is C25H32FN3. The first kappa shape index (κ1) is 21.2. The smallest absolute Gasteiger partial charge is 0.127 e. The minimum absolute atomic E-state index is 0.149. The van der Waals surface area contributed by atoms with Crippen LogP contribution in [0.1, 0.15) is 38.7 Å². The fourth-order valence-corrected chi connectivity index (χ4v) is 4.57. The molecule has 4 heteroatoms. The molecule has 2 aromatic rings. The number of rotatable bonds is 6. The Labute approximate surface area is 174 Å². The van der Waals surface area contributed by atoms with Gasteiger partial charge in [-0.1, -0.05) is 38.6 Å². The number of hydrogen-bond donors (Lipinski definition) is 0. The van der Waals surface area contributed by atoms with Crippen molar-refractivity contribution >= 4 is 0 Å². The van der Waals surface area contributed by atoms with Crippen LogP contribution in [0.3, 0.4) is 0 Å². The van der Waals surface area contributed by atoms with Gasteiger partial charge in [-0.2, -0.15) is 0 Å². The van der Waals surface area contributed by atoms with Gasteiger partial charge < -0.3 is 4.90 Å². The molecule has 154 valence electrons. The van der Waals surface area contributed by atoms with E-state index in [2.05, 4.69) is 55.5 Å². The molecule has 0 N–H and O–H groups in total. The minimum atomic E-state index is -0.149. The van der Waals surface area contributed by atoms with Crippen molar-refractivity contribution in [1.29, 1.82) is 0 Å². The molecule has 2 unspecified atom stereocenters. The Hall–Kier alpha value is -2.49. The van der Waals surface area contributed by atoms with E-state index in [0.29, 0.717) is 17.3 Å². The molecule has 0 spiro atoms. The quantitative estimate of drug-likeness (QED) is 0.572. The average molecular weight is 394 g/mol. The van der Waals surface area contributed by atoms with Crippen LogP contribution in [-0.4, -0.2) is 29.0 Å². The molecule has 0 radical (unpaired) electrons. The number of nitrogens with zero attached hydrogens (tertiary/aromatic N) is 3. The Morgan fingerprint density at radius 3 is 2.72 bits per heavy atom. The third-order valence-electron chi connectivity index (χ3n) is 6.13. The van der Waals surface area contributed by atoms with Crippen LogP contribution in [0, 0.1) is 23.1 Å². The summed E-state index contributed by atoms with van der Waals surface area (Å²) in [5.41, 5.74) is 3.90. The first-order valence-corrected chi connectivity index (χ1v) is 10.4. The van der Waals surface area contributed by atoms with Crippen LogP contribution < -0.4 is 0 Å². The van der Waals surface area contributed by atoms with Crippen molar-refractivity contribution in [2.75, 3.05) is 14.1 Å². The summed E-state index contributed by atoms with van der Waals surface area (Å²) in [5.74, 6) is 0.660. The summed E-state index contributed by atoms with van der Waals surface area (Å²) < 4.78 is 15.0. The van der Waals surface area contributed by atoms with Crippen molar-refractivity contribution in [2.24, 2.45) is 17.3 Å². The highest BCUT2D eigenvalue weighted by Crippen LogP contribution is 2.46. The molecule has 0 bridgehead atoms. The lowest BCUT2D eigenvalue weighted by molar-refractivity contribution is 0.122. The first-order valence-electron chi connectivity index (χ1n) is 10.4. The second-order valence-corrected chi connectivity index (χ2v) is 9.10. The molecule has 29 heavy (non-hydrogen) atoms. The predicted molar refractivity (Wildman–Crippen MR) is 118 cm³/mol. The summed E-state index contributed by atoms with van der Waals surface area (Å²) in [7, 11) is 4.18. The Bertz CT molecular complexity index is 871. The van der Waals surface area contributed by atoms with Gasteiger partial charge in [0.05, 0.1) is 5.69 Å². The predicted octanol–water partition coefficient (Wildman–Crippen LogP) is 5.90. The minimum Gasteiger partial charge on any atom is -0.381 e. The van der Waals surface area contributed by atoms with Crippen molar-refractivity contribution < 1.29 is 4.39 Å². The monoisotopic (exact) mass is 393 g/mol. The highest BCUT2D eigenvalue weighted by molar-refractivity contribution is 5.59. The topological polar surface area (TPSA) is 29.0 Å². The van der Waals surface area contributed by atoms with E-state index in [0.717, 1.165) is 36.1 Å². The Morgan fingerprint density at radius 1 is 1.31 bits per heavy atom. The number of benzene rings is 1. The molecule has 1 saturated carbocycles. The third kappa shape index (κ3) is 5.11. The zero-order valence-corrected chi connectivity index (χ0v) is 18.0. The molecule has 0 saturated heterocycles. The lowest BCUT2D eigenvalue weighted by Crippen LogP contribution is -2.35. The molecule has 3 nitrogen and oxygen atoms in total. The van der Waals surface area contributed by atoms with Gasteiger partial charge in [0.2, 0.25) is 0 Å². The summed E-state index contributed by atoms with van der Waals surface area (Å²) in [5, 5.41) is 0. The van der Waals surface area contributed by atoms with E-state index in [4.69, 9.17) is 0 Å². The van der Waals surface area contributed by atoms with Crippen LogP contribution in [0.4, 0.5) is 4.39 Å². The molecule has 1 fully saturated rings. The maximum absolute atomic E-state index is 15.0. The molecule has 1 aliphatic carbocycles. The van der Waals surface area contributed by atoms with Gasteiger partial charge in [0.25, 0.3) is 0 Å². The standard InChI is InChI=1S/C25H32FN3/c1-6-7-24(29(4)5)21-16-25(2,3)12-10-18(21)14-19-8-9-20(15-22(19)26)23-11-13-27-17-28-23/h6-9,11,13,15,17-18,21H,1,10,12,14,16H2,2-5H3/b24-7-. The largest absolute Gasteiger partial charge is 0.381 e. The van der Waals surface area contributed by atoms with Crippen molar-refractivity contribution in [3.63, 3.8) is 0 Å². The zero-order valence-electron chi connectivity index (χ0n) is 18.0. The number of halogens is 1. The van der Waals surface area contributed by atoms with Gasteiger partial charge in [-0.3, -0.25) is 0 Å². The Kier molecular flexibility index (Phi) is 6.51. The van der Waals surface area contributed by atoms with Gasteiger partial charge in [0.1, 0.15) is 12.1 Å². The van der Waals surface area contributed by atoms with Crippen LogP contribution >= 0.6 is 0 Å². The summed E-state index contributed by atoms with van der Waals surface area (Å²) in [6, 6.07) is 7.30. The molecule has 1 aromatic heterocycles. The van der Waals surface area contributed by atoms with E-state index in [-0.39, 0.29) is 5.82 Å². The summed E-state index contributed by atoms with van der Waals surface area (Å²) in [6.45, 7) is 8.59. The molecule has 3 rings (SSSR count). The van der Waals surface area contributed by atoms with Crippen LogP contribution in [0.2, 0.25) is 0 Å². The van der Waals surface area contributed by atoms with Gasteiger partial charge in [-0.05, 0) is 60.8 Å². The lowest BCUT2D eigenvalue weighted by atomic mass is 9.64. The number of hydrogen-bond acceptors (Lipinski definition) is 3. The fourth-order valence-electron chi connectivity index (χ4n) is 4.57. The maximum Gasteiger partial charge on any atom is 0.127 e.